The van der Waals surface area contributed by atoms with Gasteiger partial charge in [0.25, 0.3) is 5.91 Å². The van der Waals surface area contributed by atoms with Gasteiger partial charge in [0.15, 0.2) is 5.78 Å². The van der Waals surface area contributed by atoms with E-state index in [1.54, 1.807) is 0 Å². The van der Waals surface area contributed by atoms with Crippen LogP contribution in [-0.2, 0) is 6.42 Å². The predicted octanol–water partition coefficient (Wildman–Crippen LogP) is 5.08. The van der Waals surface area contributed by atoms with E-state index in [0.29, 0.717) is 28.5 Å². The smallest absolute Gasteiger partial charge is 0.264 e. The molecule has 1 saturated carbocycles. The maximum atomic E-state index is 13.3. The number of ketones is 1. The monoisotopic (exact) mass is 393 g/mol. The minimum absolute atomic E-state index is 0.0403. The predicted molar refractivity (Wildman–Crippen MR) is 108 cm³/mol. The lowest BCUT2D eigenvalue weighted by molar-refractivity contribution is 0.0699. The number of aliphatic hydroxyl groups is 1. The van der Waals surface area contributed by atoms with Gasteiger partial charge in [0.2, 0.25) is 0 Å². The Morgan fingerprint density at radius 2 is 1.96 bits per heavy atom. The van der Waals surface area contributed by atoms with Crippen molar-refractivity contribution in [2.24, 2.45) is 5.41 Å². The summed E-state index contributed by atoms with van der Waals surface area (Å²) >= 11 is 2.94. The number of hydrogen-bond donors (Lipinski definition) is 1. The Labute approximate surface area is 163 Å². The summed E-state index contributed by atoms with van der Waals surface area (Å²) in [7, 11) is 1.90. The summed E-state index contributed by atoms with van der Waals surface area (Å²) in [5.41, 5.74) is 1.45. The van der Waals surface area contributed by atoms with Crippen molar-refractivity contribution in [1.82, 2.24) is 4.90 Å². The second-order valence-electron chi connectivity index (χ2n) is 7.92. The number of allylic oxidation sites excluding steroid dienone is 1. The lowest BCUT2D eigenvalue weighted by Gasteiger charge is -2.33. The van der Waals surface area contributed by atoms with Gasteiger partial charge in [-0.15, -0.1) is 23.1 Å². The summed E-state index contributed by atoms with van der Waals surface area (Å²) < 4.78 is 0.875. The van der Waals surface area contributed by atoms with Gasteiger partial charge >= 0.3 is 0 Å². The van der Waals surface area contributed by atoms with Gasteiger partial charge in [-0.2, -0.15) is 0 Å². The van der Waals surface area contributed by atoms with E-state index >= 15 is 0 Å². The molecule has 1 N–H and O–H groups in total. The van der Waals surface area contributed by atoms with Gasteiger partial charge in [-0.1, -0.05) is 33.1 Å². The van der Waals surface area contributed by atoms with E-state index in [4.69, 9.17) is 0 Å². The van der Waals surface area contributed by atoms with E-state index in [1.807, 2.05) is 32.1 Å². The first-order chi connectivity index (χ1) is 12.3. The van der Waals surface area contributed by atoms with Crippen LogP contribution in [0, 0.1) is 5.41 Å². The average Bonchev–Trinajstić information content (AvgIpc) is 2.99. The Balaban J connectivity index is 2.02. The number of rotatable bonds is 3. The SMILES string of the molecule is CSc1sc(C(=O)N(C)C2CCCCC2)c2c1C(=O)C(=CO)C(C)(C)C2. The second-order valence-corrected chi connectivity index (χ2v) is 10.0. The number of carbonyl (C=O) groups is 2. The summed E-state index contributed by atoms with van der Waals surface area (Å²) in [6, 6.07) is 0.298. The van der Waals surface area contributed by atoms with E-state index in [9.17, 15) is 14.7 Å². The zero-order valence-electron chi connectivity index (χ0n) is 15.9. The number of thiophene rings is 1. The largest absolute Gasteiger partial charge is 0.515 e. The number of nitrogens with zero attached hydrogens (tertiary/aromatic N) is 1. The molecule has 1 heterocycles. The molecule has 1 aromatic rings. The molecule has 142 valence electrons. The third-order valence-corrected chi connectivity index (χ3v) is 8.09. The van der Waals surface area contributed by atoms with Crippen LogP contribution >= 0.6 is 23.1 Å². The standard InChI is InChI=1S/C20H27NO3S2/c1-20(2)10-13-15(16(23)14(20)11-22)19(25-4)26-17(13)18(24)21(3)12-8-6-5-7-9-12/h11-12,22H,5-10H2,1-4H3. The molecule has 2 aliphatic rings. The van der Waals surface area contributed by atoms with Gasteiger partial charge in [-0.3, -0.25) is 9.59 Å². The molecule has 0 atom stereocenters. The van der Waals surface area contributed by atoms with Gasteiger partial charge in [0, 0.05) is 24.1 Å². The molecule has 3 rings (SSSR count). The first-order valence-corrected chi connectivity index (χ1v) is 11.2. The maximum Gasteiger partial charge on any atom is 0.264 e. The highest BCUT2D eigenvalue weighted by Gasteiger charge is 2.42. The van der Waals surface area contributed by atoms with Crippen molar-refractivity contribution in [2.75, 3.05) is 13.3 Å². The molecule has 26 heavy (non-hydrogen) atoms. The Morgan fingerprint density at radius 1 is 1.31 bits per heavy atom. The number of carbonyl (C=O) groups excluding carboxylic acids is 2. The molecule has 0 saturated heterocycles. The second kappa shape index (κ2) is 7.39. The van der Waals surface area contributed by atoms with Crippen LogP contribution in [0.3, 0.4) is 0 Å². The molecule has 0 bridgehead atoms. The fourth-order valence-corrected chi connectivity index (χ4v) is 6.20. The van der Waals surface area contributed by atoms with Crippen molar-refractivity contribution in [3.05, 3.63) is 27.8 Å². The molecule has 0 aliphatic heterocycles. The topological polar surface area (TPSA) is 57.6 Å². The van der Waals surface area contributed by atoms with Crippen molar-refractivity contribution in [3.8, 4) is 0 Å². The molecular weight excluding hydrogens is 366 g/mol. The van der Waals surface area contributed by atoms with Crippen LogP contribution in [0.15, 0.2) is 16.0 Å². The van der Waals surface area contributed by atoms with Crippen LogP contribution in [-0.4, -0.2) is 41.0 Å². The summed E-state index contributed by atoms with van der Waals surface area (Å²) in [6.07, 6.45) is 9.21. The van der Waals surface area contributed by atoms with E-state index in [-0.39, 0.29) is 11.7 Å². The van der Waals surface area contributed by atoms with Gasteiger partial charge in [-0.05, 0) is 31.1 Å². The van der Waals surface area contributed by atoms with Crippen LogP contribution < -0.4 is 0 Å². The van der Waals surface area contributed by atoms with Crippen molar-refractivity contribution in [1.29, 1.82) is 0 Å². The molecule has 0 aromatic carbocycles. The molecule has 2 aliphatic carbocycles. The zero-order chi connectivity index (χ0) is 19.1. The molecule has 0 radical (unpaired) electrons. The van der Waals surface area contributed by atoms with Crippen molar-refractivity contribution >= 4 is 34.8 Å². The molecule has 1 aromatic heterocycles. The lowest BCUT2D eigenvalue weighted by atomic mass is 9.71. The maximum absolute atomic E-state index is 13.3. The quantitative estimate of drug-likeness (QED) is 0.442. The number of Topliss-reactive ketones (excluding diaryl/α,β-unsaturated/α-hetero) is 1. The van der Waals surface area contributed by atoms with Crippen LogP contribution in [0.2, 0.25) is 0 Å². The average molecular weight is 394 g/mol. The van der Waals surface area contributed by atoms with Crippen LogP contribution in [0.4, 0.5) is 0 Å². The van der Waals surface area contributed by atoms with Gasteiger partial charge < -0.3 is 10.0 Å². The zero-order valence-corrected chi connectivity index (χ0v) is 17.6. The number of amides is 1. The third kappa shape index (κ3) is 3.22. The number of aliphatic hydroxyl groups excluding tert-OH is 1. The van der Waals surface area contributed by atoms with E-state index in [2.05, 4.69) is 0 Å². The molecule has 0 spiro atoms. The molecule has 1 fully saturated rings. The Hall–Kier alpha value is -1.27. The first-order valence-electron chi connectivity index (χ1n) is 9.18. The summed E-state index contributed by atoms with van der Waals surface area (Å²) in [4.78, 5) is 28.9. The van der Waals surface area contributed by atoms with E-state index < -0.39 is 5.41 Å². The molecular formula is C20H27NO3S2. The summed E-state index contributed by atoms with van der Waals surface area (Å²) in [5, 5.41) is 9.60. The Morgan fingerprint density at radius 3 is 2.54 bits per heavy atom. The fourth-order valence-electron chi connectivity index (χ4n) is 4.16. The van der Waals surface area contributed by atoms with E-state index in [1.165, 1.54) is 42.4 Å². The summed E-state index contributed by atoms with van der Waals surface area (Å²) in [6.45, 7) is 3.90. The highest BCUT2D eigenvalue weighted by atomic mass is 32.2. The number of hydrogen-bond acceptors (Lipinski definition) is 5. The number of fused-ring (bicyclic) bond motifs is 1. The Kier molecular flexibility index (Phi) is 5.54. The number of thioether (sulfide) groups is 1. The van der Waals surface area contributed by atoms with Crippen LogP contribution in [0.5, 0.6) is 0 Å². The van der Waals surface area contributed by atoms with Crippen molar-refractivity contribution in [2.45, 2.75) is 62.6 Å². The minimum atomic E-state index is -0.478. The van der Waals surface area contributed by atoms with Crippen molar-refractivity contribution < 1.29 is 14.7 Å². The Bertz CT molecular complexity index is 757. The minimum Gasteiger partial charge on any atom is -0.515 e. The van der Waals surface area contributed by atoms with Crippen LogP contribution in [0.25, 0.3) is 0 Å². The molecule has 4 nitrogen and oxygen atoms in total. The summed E-state index contributed by atoms with van der Waals surface area (Å²) in [5.74, 6) is -0.0998. The molecule has 1 amide bonds. The molecule has 0 unspecified atom stereocenters. The highest BCUT2D eigenvalue weighted by molar-refractivity contribution is 8.00. The van der Waals surface area contributed by atoms with Gasteiger partial charge in [0.1, 0.15) is 0 Å². The lowest BCUT2D eigenvalue weighted by Crippen LogP contribution is -2.39. The fraction of sp³-hybridized carbons (Fsp3) is 0.600. The first kappa shape index (κ1) is 19.5. The van der Waals surface area contributed by atoms with Crippen LogP contribution in [0.1, 0.15) is 71.5 Å². The van der Waals surface area contributed by atoms with Gasteiger partial charge in [-0.25, -0.2) is 0 Å². The van der Waals surface area contributed by atoms with E-state index in [0.717, 1.165) is 28.9 Å². The van der Waals surface area contributed by atoms with Crippen molar-refractivity contribution in [3.63, 3.8) is 0 Å². The molecule has 6 heteroatoms. The highest BCUT2D eigenvalue weighted by Crippen LogP contribution is 2.47. The van der Waals surface area contributed by atoms with Gasteiger partial charge in [0.05, 0.1) is 20.9 Å². The third-order valence-electron chi connectivity index (χ3n) is 5.75. The normalized spacial score (nSPS) is 21.7.